The van der Waals surface area contributed by atoms with Crippen LogP contribution < -0.4 is 10.1 Å². The van der Waals surface area contributed by atoms with Crippen molar-refractivity contribution in [3.63, 3.8) is 0 Å². The molecule has 0 aliphatic carbocycles. The molecule has 3 aromatic rings. The molecule has 3 amide bonds. The number of rotatable bonds is 8. The zero-order valence-electron chi connectivity index (χ0n) is 21.0. The van der Waals surface area contributed by atoms with E-state index in [1.165, 1.54) is 19.2 Å². The number of esters is 1. The summed E-state index contributed by atoms with van der Waals surface area (Å²) in [6.07, 6.45) is 2.74. The number of carbonyl (C=O) groups excluding carboxylic acids is 3. The van der Waals surface area contributed by atoms with Gasteiger partial charge in [-0.25, -0.2) is 9.59 Å². The Hall–Kier alpha value is -4.27. The molecular formula is C27H29N3O6. The minimum Gasteiger partial charge on any atom is -0.491 e. The monoisotopic (exact) mass is 491 g/mol. The first-order valence-corrected chi connectivity index (χ1v) is 11.7. The lowest BCUT2D eigenvalue weighted by molar-refractivity contribution is -0.123. The van der Waals surface area contributed by atoms with Gasteiger partial charge in [-0.1, -0.05) is 6.92 Å². The van der Waals surface area contributed by atoms with Crippen LogP contribution in [0.5, 0.6) is 5.75 Å². The number of hydrogen-bond donors (Lipinski definition) is 1. The third-order valence-electron chi connectivity index (χ3n) is 6.10. The zero-order chi connectivity index (χ0) is 26.0. The fourth-order valence-corrected chi connectivity index (χ4v) is 4.02. The molecule has 188 valence electrons. The Morgan fingerprint density at radius 3 is 2.53 bits per heavy atom. The number of amides is 3. The molecule has 1 aliphatic heterocycles. The summed E-state index contributed by atoms with van der Waals surface area (Å²) in [5.41, 5.74) is 3.84. The lowest BCUT2D eigenvalue weighted by Crippen LogP contribution is -2.30. The highest BCUT2D eigenvalue weighted by atomic mass is 16.5. The Kier molecular flexibility index (Phi) is 7.00. The fraction of sp³-hybridized carbons (Fsp3) is 0.296. The first-order chi connectivity index (χ1) is 17.2. The Balaban J connectivity index is 1.54. The second-order valence-corrected chi connectivity index (χ2v) is 8.63. The van der Waals surface area contributed by atoms with Crippen molar-refractivity contribution in [2.45, 2.75) is 46.8 Å². The Bertz CT molecular complexity index is 1330. The number of furan rings is 1. The summed E-state index contributed by atoms with van der Waals surface area (Å²) in [7, 11) is 1.24. The van der Waals surface area contributed by atoms with Gasteiger partial charge in [0, 0.05) is 17.1 Å². The minimum atomic E-state index is -0.632. The van der Waals surface area contributed by atoms with Crippen molar-refractivity contribution in [2.75, 3.05) is 7.11 Å². The van der Waals surface area contributed by atoms with Gasteiger partial charge in [-0.05, 0) is 81.3 Å². The number of aryl methyl sites for hydroxylation is 1. The summed E-state index contributed by atoms with van der Waals surface area (Å²) >= 11 is 0. The third kappa shape index (κ3) is 4.91. The summed E-state index contributed by atoms with van der Waals surface area (Å²) in [6.45, 7) is 7.95. The number of nitrogens with zero attached hydrogens (tertiary/aromatic N) is 2. The van der Waals surface area contributed by atoms with E-state index in [-0.39, 0.29) is 24.1 Å². The molecule has 1 saturated heterocycles. The topological polar surface area (TPSA) is 103 Å². The number of imide groups is 1. The van der Waals surface area contributed by atoms with Crippen LogP contribution in [-0.2, 0) is 16.1 Å². The second-order valence-electron chi connectivity index (χ2n) is 8.63. The smallest absolute Gasteiger partial charge is 0.373 e. The van der Waals surface area contributed by atoms with Crippen LogP contribution >= 0.6 is 0 Å². The number of methoxy groups -OCH3 is 1. The first kappa shape index (κ1) is 24.8. The normalized spacial score (nSPS) is 15.4. The largest absolute Gasteiger partial charge is 0.491 e. The van der Waals surface area contributed by atoms with Crippen LogP contribution in [0.3, 0.4) is 0 Å². The van der Waals surface area contributed by atoms with E-state index in [1.807, 2.05) is 51.1 Å². The molecule has 4 rings (SSSR count). The van der Waals surface area contributed by atoms with Crippen LogP contribution in [-0.4, -0.2) is 40.6 Å². The molecule has 1 N–H and O–H groups in total. The average Bonchev–Trinajstić information content (AvgIpc) is 3.52. The molecular weight excluding hydrogens is 462 g/mol. The van der Waals surface area contributed by atoms with Crippen LogP contribution in [0.4, 0.5) is 4.79 Å². The number of carbonyl (C=O) groups is 3. The fourth-order valence-electron chi connectivity index (χ4n) is 4.02. The number of ether oxygens (including phenoxy) is 2. The van der Waals surface area contributed by atoms with E-state index in [4.69, 9.17) is 9.15 Å². The molecule has 1 aromatic carbocycles. The van der Waals surface area contributed by atoms with Gasteiger partial charge in [0.05, 0.1) is 19.8 Å². The van der Waals surface area contributed by atoms with E-state index >= 15 is 0 Å². The molecule has 1 aliphatic rings. The van der Waals surface area contributed by atoms with Crippen LogP contribution in [0.2, 0.25) is 0 Å². The van der Waals surface area contributed by atoms with Crippen molar-refractivity contribution >= 4 is 24.0 Å². The van der Waals surface area contributed by atoms with Gasteiger partial charge in [0.15, 0.2) is 0 Å². The number of urea groups is 1. The summed E-state index contributed by atoms with van der Waals surface area (Å²) in [4.78, 5) is 38.1. The number of aromatic nitrogens is 1. The summed E-state index contributed by atoms with van der Waals surface area (Å²) in [5.74, 6) is -0.00622. The second kappa shape index (κ2) is 10.2. The van der Waals surface area contributed by atoms with Gasteiger partial charge >= 0.3 is 12.0 Å². The van der Waals surface area contributed by atoms with E-state index in [0.717, 1.165) is 39.7 Å². The maximum absolute atomic E-state index is 13.0. The predicted octanol–water partition coefficient (Wildman–Crippen LogP) is 4.74. The molecule has 0 spiro atoms. The van der Waals surface area contributed by atoms with Crippen LogP contribution in [0.25, 0.3) is 11.8 Å². The molecule has 36 heavy (non-hydrogen) atoms. The van der Waals surface area contributed by atoms with E-state index in [0.29, 0.717) is 5.76 Å². The molecule has 0 radical (unpaired) electrons. The molecule has 0 unspecified atom stereocenters. The van der Waals surface area contributed by atoms with Gasteiger partial charge in [-0.2, -0.15) is 0 Å². The van der Waals surface area contributed by atoms with Gasteiger partial charge in [-0.3, -0.25) is 9.69 Å². The highest BCUT2D eigenvalue weighted by Crippen LogP contribution is 2.26. The Morgan fingerprint density at radius 2 is 1.86 bits per heavy atom. The average molecular weight is 492 g/mol. The van der Waals surface area contributed by atoms with E-state index in [2.05, 4.69) is 21.5 Å². The lowest BCUT2D eigenvalue weighted by Gasteiger charge is -2.14. The molecule has 0 bridgehead atoms. The van der Waals surface area contributed by atoms with Gasteiger partial charge in [-0.15, -0.1) is 0 Å². The van der Waals surface area contributed by atoms with E-state index in [1.54, 1.807) is 6.08 Å². The predicted molar refractivity (Wildman–Crippen MR) is 133 cm³/mol. The highest BCUT2D eigenvalue weighted by molar-refractivity contribution is 6.13. The Labute approximate surface area is 209 Å². The van der Waals surface area contributed by atoms with Gasteiger partial charge in [0.2, 0.25) is 5.76 Å². The standard InChI is InChI=1S/C27H29N3O6/c1-6-17(3)35-21-9-7-20(8-10-21)30-16(2)13-19(18(30)4)14-23-25(31)29(27(33)28-23)15-22-11-12-24(36-22)26(32)34-5/h7-14,17H,6,15H2,1-5H3,(H,28,33)/b23-14-/t17-/m1/s1. The minimum absolute atomic E-state index is 0.00206. The molecule has 3 heterocycles. The van der Waals surface area contributed by atoms with Crippen LogP contribution in [0, 0.1) is 13.8 Å². The molecule has 9 heteroatoms. The van der Waals surface area contributed by atoms with Crippen molar-refractivity contribution in [2.24, 2.45) is 0 Å². The van der Waals surface area contributed by atoms with Crippen molar-refractivity contribution in [1.29, 1.82) is 0 Å². The quantitative estimate of drug-likeness (QED) is 0.277. The number of nitrogens with one attached hydrogen (secondary N) is 1. The van der Waals surface area contributed by atoms with Crippen LogP contribution in [0.15, 0.2) is 52.6 Å². The molecule has 0 saturated carbocycles. The lowest BCUT2D eigenvalue weighted by atomic mass is 10.2. The molecule has 1 fully saturated rings. The van der Waals surface area contributed by atoms with Crippen molar-refractivity contribution in [3.05, 3.63) is 76.6 Å². The SMILES string of the molecule is CC[C@@H](C)Oc1ccc(-n2c(C)cc(/C=C3\NC(=O)N(Cc4ccc(C(=O)OC)o4)C3=O)c2C)cc1. The summed E-state index contributed by atoms with van der Waals surface area (Å²) < 4.78 is 18.0. The van der Waals surface area contributed by atoms with Crippen LogP contribution in [0.1, 0.15) is 53.5 Å². The van der Waals surface area contributed by atoms with E-state index in [9.17, 15) is 14.4 Å². The van der Waals surface area contributed by atoms with Crippen molar-refractivity contribution in [1.82, 2.24) is 14.8 Å². The number of benzene rings is 1. The summed E-state index contributed by atoms with van der Waals surface area (Å²) in [6, 6.07) is 12.2. The maximum Gasteiger partial charge on any atom is 0.373 e. The van der Waals surface area contributed by atoms with Crippen molar-refractivity contribution < 1.29 is 28.3 Å². The van der Waals surface area contributed by atoms with Crippen molar-refractivity contribution in [3.8, 4) is 11.4 Å². The molecule has 9 nitrogen and oxygen atoms in total. The van der Waals surface area contributed by atoms with Gasteiger partial charge in [0.1, 0.15) is 17.2 Å². The van der Waals surface area contributed by atoms with E-state index < -0.39 is 17.9 Å². The maximum atomic E-state index is 13.0. The van der Waals surface area contributed by atoms with Gasteiger partial charge < -0.3 is 23.8 Å². The highest BCUT2D eigenvalue weighted by Gasteiger charge is 2.34. The third-order valence-corrected chi connectivity index (χ3v) is 6.10. The zero-order valence-corrected chi connectivity index (χ0v) is 21.0. The first-order valence-electron chi connectivity index (χ1n) is 11.7. The number of hydrogen-bond acceptors (Lipinski definition) is 6. The summed E-state index contributed by atoms with van der Waals surface area (Å²) in [5, 5.41) is 2.63. The molecule has 1 atom stereocenters. The Morgan fingerprint density at radius 1 is 1.14 bits per heavy atom. The van der Waals surface area contributed by atoms with Gasteiger partial charge in [0.25, 0.3) is 5.91 Å². The molecule has 2 aromatic heterocycles.